The van der Waals surface area contributed by atoms with Gasteiger partial charge >= 0.3 is 0 Å². The molecule has 2 aliphatic rings. The number of pyridine rings is 1. The van der Waals surface area contributed by atoms with E-state index in [1.807, 2.05) is 6.07 Å². The molecule has 1 aliphatic carbocycles. The predicted molar refractivity (Wildman–Crippen MR) is 100 cm³/mol. The number of carbonyl (C=O) groups is 3. The van der Waals surface area contributed by atoms with Gasteiger partial charge in [-0.25, -0.2) is 0 Å². The van der Waals surface area contributed by atoms with Crippen LogP contribution < -0.4 is 15.8 Å². The van der Waals surface area contributed by atoms with E-state index in [0.717, 1.165) is 6.42 Å². The summed E-state index contributed by atoms with van der Waals surface area (Å²) in [7, 11) is 0. The van der Waals surface area contributed by atoms with Gasteiger partial charge < -0.3 is 15.2 Å². The number of fused-ring (bicyclic) bond motifs is 1. The zero-order chi connectivity index (χ0) is 19.0. The molecular weight excluding hydrogens is 346 g/mol. The highest BCUT2D eigenvalue weighted by Crippen LogP contribution is 2.25. The van der Waals surface area contributed by atoms with Gasteiger partial charge in [-0.15, -0.1) is 0 Å². The zero-order valence-corrected chi connectivity index (χ0v) is 14.7. The van der Waals surface area contributed by atoms with Crippen molar-refractivity contribution in [3.63, 3.8) is 0 Å². The molecule has 1 fully saturated rings. The van der Waals surface area contributed by atoms with Gasteiger partial charge in [0.15, 0.2) is 5.78 Å². The lowest BCUT2D eigenvalue weighted by atomic mass is 9.93. The molecule has 2 N–H and O–H groups in total. The number of H-pyrrole nitrogens is 1. The maximum atomic E-state index is 12.6. The van der Waals surface area contributed by atoms with Crippen LogP contribution in [-0.4, -0.2) is 29.1 Å². The Labute approximate surface area is 155 Å². The van der Waals surface area contributed by atoms with Crippen LogP contribution in [0.4, 0.5) is 11.4 Å². The van der Waals surface area contributed by atoms with Crippen molar-refractivity contribution in [2.75, 3.05) is 16.8 Å². The van der Waals surface area contributed by atoms with Crippen LogP contribution >= 0.6 is 0 Å². The monoisotopic (exact) mass is 365 g/mol. The summed E-state index contributed by atoms with van der Waals surface area (Å²) in [5.41, 5.74) is 1.62. The molecule has 4 rings (SSSR count). The van der Waals surface area contributed by atoms with Crippen LogP contribution in [-0.2, 0) is 11.2 Å². The van der Waals surface area contributed by atoms with E-state index in [4.69, 9.17) is 0 Å². The zero-order valence-electron chi connectivity index (χ0n) is 14.7. The maximum Gasteiger partial charge on any atom is 0.261 e. The smallest absolute Gasteiger partial charge is 0.261 e. The predicted octanol–water partition coefficient (Wildman–Crippen LogP) is 2.27. The van der Waals surface area contributed by atoms with Gasteiger partial charge in [0.2, 0.25) is 5.91 Å². The standard InChI is InChI=1S/C20H19N3O4/c24-17-7-2-6-16-14(17)11-15(20(27)22-16)19(26)21-12-4-1-5-13(10-12)23-9-3-8-18(23)25/h1,4-5,10-11H,2-3,6-9H2,(H,21,26)(H,22,27). The summed E-state index contributed by atoms with van der Waals surface area (Å²) in [5, 5.41) is 2.69. The summed E-state index contributed by atoms with van der Waals surface area (Å²) in [6, 6.07) is 8.35. The van der Waals surface area contributed by atoms with E-state index >= 15 is 0 Å². The third kappa shape index (κ3) is 3.28. The molecule has 7 heteroatoms. The lowest BCUT2D eigenvalue weighted by molar-refractivity contribution is -0.117. The number of carbonyl (C=O) groups excluding carboxylic acids is 3. The molecule has 0 atom stereocenters. The van der Waals surface area contributed by atoms with Crippen molar-refractivity contribution in [2.45, 2.75) is 32.1 Å². The van der Waals surface area contributed by atoms with Gasteiger partial charge in [-0.1, -0.05) is 6.07 Å². The largest absolute Gasteiger partial charge is 0.325 e. The summed E-state index contributed by atoms with van der Waals surface area (Å²) in [6.07, 6.45) is 3.09. The average molecular weight is 365 g/mol. The third-order valence-corrected chi connectivity index (χ3v) is 4.99. The van der Waals surface area contributed by atoms with Crippen molar-refractivity contribution in [2.24, 2.45) is 0 Å². The third-order valence-electron chi connectivity index (χ3n) is 4.99. The lowest BCUT2D eigenvalue weighted by Crippen LogP contribution is -2.27. The Kier molecular flexibility index (Phi) is 4.35. The number of rotatable bonds is 3. The van der Waals surface area contributed by atoms with Gasteiger partial charge in [0.25, 0.3) is 11.5 Å². The number of anilines is 2. The number of hydrogen-bond acceptors (Lipinski definition) is 4. The van der Waals surface area contributed by atoms with E-state index in [-0.39, 0.29) is 17.3 Å². The molecule has 0 spiro atoms. The van der Waals surface area contributed by atoms with Gasteiger partial charge in [-0.05, 0) is 43.5 Å². The second-order valence-corrected chi connectivity index (χ2v) is 6.83. The van der Waals surface area contributed by atoms with Crippen LogP contribution in [0.15, 0.2) is 35.1 Å². The summed E-state index contributed by atoms with van der Waals surface area (Å²) >= 11 is 0. The molecule has 0 saturated carbocycles. The summed E-state index contributed by atoms with van der Waals surface area (Å²) in [6.45, 7) is 0.656. The maximum absolute atomic E-state index is 12.6. The van der Waals surface area contributed by atoms with Gasteiger partial charge in [0.05, 0.1) is 0 Å². The van der Waals surface area contributed by atoms with Crippen LogP contribution in [0.5, 0.6) is 0 Å². The number of ketones is 1. The molecule has 7 nitrogen and oxygen atoms in total. The highest BCUT2D eigenvalue weighted by molar-refractivity contribution is 6.07. The van der Waals surface area contributed by atoms with Crippen LogP contribution in [0.25, 0.3) is 0 Å². The van der Waals surface area contributed by atoms with E-state index < -0.39 is 11.5 Å². The fourth-order valence-electron chi connectivity index (χ4n) is 3.61. The van der Waals surface area contributed by atoms with Gasteiger partial charge in [0.1, 0.15) is 5.56 Å². The van der Waals surface area contributed by atoms with Crippen molar-refractivity contribution >= 4 is 29.0 Å². The highest BCUT2D eigenvalue weighted by Gasteiger charge is 2.23. The molecule has 2 aromatic rings. The number of aromatic nitrogens is 1. The van der Waals surface area contributed by atoms with Gasteiger partial charge in [-0.2, -0.15) is 0 Å². The fraction of sp³-hybridized carbons (Fsp3) is 0.300. The lowest BCUT2D eigenvalue weighted by Gasteiger charge is -2.17. The molecule has 1 aromatic heterocycles. The first-order valence-corrected chi connectivity index (χ1v) is 9.04. The number of Topliss-reactive ketones (excluding diaryl/α,β-unsaturated/α-hetero) is 1. The Bertz CT molecular complexity index is 1010. The minimum atomic E-state index is -0.581. The molecule has 27 heavy (non-hydrogen) atoms. The minimum Gasteiger partial charge on any atom is -0.325 e. The quantitative estimate of drug-likeness (QED) is 0.871. The van der Waals surface area contributed by atoms with E-state index in [1.54, 1.807) is 23.1 Å². The van der Waals surface area contributed by atoms with Crippen molar-refractivity contribution in [1.82, 2.24) is 4.98 Å². The summed E-state index contributed by atoms with van der Waals surface area (Å²) in [5.74, 6) is -0.582. The van der Waals surface area contributed by atoms with Crippen molar-refractivity contribution in [3.05, 3.63) is 57.5 Å². The number of nitrogens with one attached hydrogen (secondary N) is 2. The first kappa shape index (κ1) is 17.2. The molecule has 1 aromatic carbocycles. The Balaban J connectivity index is 1.60. The number of nitrogens with zero attached hydrogens (tertiary/aromatic N) is 1. The molecule has 2 amide bonds. The molecule has 0 unspecified atom stereocenters. The van der Waals surface area contributed by atoms with E-state index in [2.05, 4.69) is 10.3 Å². The normalized spacial score (nSPS) is 16.4. The van der Waals surface area contributed by atoms with Gasteiger partial charge in [0, 0.05) is 42.0 Å². The Morgan fingerprint density at radius 3 is 2.67 bits per heavy atom. The van der Waals surface area contributed by atoms with Gasteiger partial charge in [-0.3, -0.25) is 19.2 Å². The van der Waals surface area contributed by atoms with E-state index in [9.17, 15) is 19.2 Å². The van der Waals surface area contributed by atoms with Crippen LogP contribution in [0.2, 0.25) is 0 Å². The first-order chi connectivity index (χ1) is 13.0. The molecule has 0 bridgehead atoms. The molecule has 138 valence electrons. The van der Waals surface area contributed by atoms with Crippen LogP contribution in [0, 0.1) is 0 Å². The van der Waals surface area contributed by atoms with E-state index in [1.165, 1.54) is 6.07 Å². The Hall–Kier alpha value is -3.22. The number of amides is 2. The summed E-state index contributed by atoms with van der Waals surface area (Å²) < 4.78 is 0. The molecule has 0 radical (unpaired) electrons. The first-order valence-electron chi connectivity index (χ1n) is 9.04. The number of aromatic amines is 1. The van der Waals surface area contributed by atoms with Crippen LogP contribution in [0.1, 0.15) is 52.1 Å². The number of hydrogen-bond donors (Lipinski definition) is 2. The molecular formula is C20H19N3O4. The van der Waals surface area contributed by atoms with Crippen LogP contribution in [0.3, 0.4) is 0 Å². The Morgan fingerprint density at radius 1 is 1.04 bits per heavy atom. The Morgan fingerprint density at radius 2 is 1.89 bits per heavy atom. The second-order valence-electron chi connectivity index (χ2n) is 6.83. The van der Waals surface area contributed by atoms with E-state index in [0.29, 0.717) is 54.9 Å². The number of aryl methyl sites for hydroxylation is 1. The van der Waals surface area contributed by atoms with Crippen molar-refractivity contribution < 1.29 is 14.4 Å². The minimum absolute atomic E-state index is 0.0584. The molecule has 2 heterocycles. The molecule has 1 saturated heterocycles. The fourth-order valence-corrected chi connectivity index (χ4v) is 3.61. The second kappa shape index (κ2) is 6.83. The SMILES string of the molecule is O=C1CCCc2[nH]c(=O)c(C(=O)Nc3cccc(N4CCCC4=O)c3)cc21. The average Bonchev–Trinajstić information content (AvgIpc) is 3.07. The topological polar surface area (TPSA) is 99.3 Å². The summed E-state index contributed by atoms with van der Waals surface area (Å²) in [4.78, 5) is 53.2. The highest BCUT2D eigenvalue weighted by atomic mass is 16.2. The molecule has 1 aliphatic heterocycles. The van der Waals surface area contributed by atoms with Crippen molar-refractivity contribution in [3.8, 4) is 0 Å². The van der Waals surface area contributed by atoms with Crippen molar-refractivity contribution in [1.29, 1.82) is 0 Å². The number of benzene rings is 1.